The molecule has 6 nitrogen and oxygen atoms in total. The van der Waals surface area contributed by atoms with Crippen LogP contribution in [0.1, 0.15) is 37.0 Å². The van der Waals surface area contributed by atoms with E-state index in [1.54, 1.807) is 25.1 Å². The van der Waals surface area contributed by atoms with Gasteiger partial charge in [-0.2, -0.15) is 0 Å². The normalized spacial score (nSPS) is 21.6. The number of para-hydroxylation sites is 1. The van der Waals surface area contributed by atoms with Crippen molar-refractivity contribution in [2.75, 3.05) is 25.0 Å². The van der Waals surface area contributed by atoms with E-state index in [2.05, 4.69) is 22.9 Å². The number of benzene rings is 1. The van der Waals surface area contributed by atoms with Gasteiger partial charge in [-0.3, -0.25) is 9.59 Å². The van der Waals surface area contributed by atoms with E-state index in [0.29, 0.717) is 23.5 Å². The van der Waals surface area contributed by atoms with Crippen LogP contribution in [0.2, 0.25) is 0 Å². The Morgan fingerprint density at radius 2 is 2.08 bits per heavy atom. The molecule has 1 atom stereocenters. The molecule has 0 spiro atoms. The summed E-state index contributed by atoms with van der Waals surface area (Å²) in [6.07, 6.45) is 1.49. The van der Waals surface area contributed by atoms with Crippen LogP contribution in [0.3, 0.4) is 0 Å². The first-order valence-electron chi connectivity index (χ1n) is 8.08. The lowest BCUT2D eigenvalue weighted by molar-refractivity contribution is -0.122. The Balaban J connectivity index is 0.00000208. The molecule has 1 aromatic rings. The largest absolute Gasteiger partial charge is 0.478 e. The zero-order valence-corrected chi connectivity index (χ0v) is 14.8. The van der Waals surface area contributed by atoms with E-state index in [0.717, 1.165) is 25.9 Å². The number of rotatable bonds is 3. The van der Waals surface area contributed by atoms with Crippen molar-refractivity contribution in [2.45, 2.75) is 32.8 Å². The lowest BCUT2D eigenvalue weighted by atomic mass is 9.81. The summed E-state index contributed by atoms with van der Waals surface area (Å²) in [5.74, 6) is 0.0924. The van der Waals surface area contributed by atoms with Gasteiger partial charge in [0.15, 0.2) is 11.9 Å². The smallest absolute Gasteiger partial charge is 0.265 e. The molecule has 0 aliphatic carbocycles. The van der Waals surface area contributed by atoms with Crippen LogP contribution in [0.25, 0.3) is 0 Å². The molecule has 0 aromatic heterocycles. The van der Waals surface area contributed by atoms with Crippen LogP contribution in [0, 0.1) is 5.41 Å². The number of fused-ring (bicyclic) bond motifs is 1. The minimum Gasteiger partial charge on any atom is -0.478 e. The van der Waals surface area contributed by atoms with Gasteiger partial charge in [0.1, 0.15) is 0 Å². The van der Waals surface area contributed by atoms with E-state index in [1.807, 2.05) is 0 Å². The minimum atomic E-state index is -0.599. The van der Waals surface area contributed by atoms with Gasteiger partial charge in [0.2, 0.25) is 0 Å². The summed E-state index contributed by atoms with van der Waals surface area (Å²) in [6, 6.07) is 5.22. The number of hydrogen-bond acceptors (Lipinski definition) is 4. The van der Waals surface area contributed by atoms with Crippen LogP contribution in [-0.4, -0.2) is 37.6 Å². The van der Waals surface area contributed by atoms with Crippen molar-refractivity contribution in [3.05, 3.63) is 23.8 Å². The lowest BCUT2D eigenvalue weighted by Gasteiger charge is -2.34. The fraction of sp³-hybridized carbons (Fsp3) is 0.529. The fourth-order valence-electron chi connectivity index (χ4n) is 3.00. The third-order valence-corrected chi connectivity index (χ3v) is 4.67. The molecular formula is C17H24ClN3O3. The van der Waals surface area contributed by atoms with Crippen molar-refractivity contribution in [1.29, 1.82) is 0 Å². The quantitative estimate of drug-likeness (QED) is 0.776. The molecule has 1 saturated heterocycles. The Morgan fingerprint density at radius 3 is 2.79 bits per heavy atom. The van der Waals surface area contributed by atoms with Gasteiger partial charge in [-0.15, -0.1) is 12.4 Å². The van der Waals surface area contributed by atoms with Crippen molar-refractivity contribution in [1.82, 2.24) is 10.6 Å². The molecule has 0 saturated carbocycles. The van der Waals surface area contributed by atoms with Crippen molar-refractivity contribution >= 4 is 29.9 Å². The zero-order valence-electron chi connectivity index (χ0n) is 14.0. The van der Waals surface area contributed by atoms with E-state index in [1.165, 1.54) is 0 Å². The maximum Gasteiger partial charge on any atom is 0.265 e. The Labute approximate surface area is 148 Å². The SMILES string of the molecule is CC1Oc2c(cccc2C(=O)NCC2(C)CCNCC2)NC1=O.Cl. The molecule has 3 N–H and O–H groups in total. The summed E-state index contributed by atoms with van der Waals surface area (Å²) in [6.45, 7) is 6.48. The van der Waals surface area contributed by atoms with Gasteiger partial charge in [-0.05, 0) is 50.4 Å². The first kappa shape index (κ1) is 18.5. The molecule has 7 heteroatoms. The maximum atomic E-state index is 12.6. The predicted molar refractivity (Wildman–Crippen MR) is 95.0 cm³/mol. The molecule has 1 fully saturated rings. The third-order valence-electron chi connectivity index (χ3n) is 4.67. The molecule has 3 rings (SSSR count). The first-order chi connectivity index (χ1) is 11.0. The molecule has 132 valence electrons. The summed E-state index contributed by atoms with van der Waals surface area (Å²) < 4.78 is 5.63. The summed E-state index contributed by atoms with van der Waals surface area (Å²) >= 11 is 0. The van der Waals surface area contributed by atoms with Crippen LogP contribution in [0.15, 0.2) is 18.2 Å². The van der Waals surface area contributed by atoms with Crippen LogP contribution >= 0.6 is 12.4 Å². The molecule has 2 heterocycles. The highest BCUT2D eigenvalue weighted by molar-refractivity contribution is 6.03. The second kappa shape index (κ2) is 7.40. The van der Waals surface area contributed by atoms with Gasteiger partial charge in [0.25, 0.3) is 11.8 Å². The third kappa shape index (κ3) is 3.82. The number of ether oxygens (including phenoxy) is 1. The van der Waals surface area contributed by atoms with Gasteiger partial charge < -0.3 is 20.7 Å². The number of hydrogen-bond donors (Lipinski definition) is 3. The van der Waals surface area contributed by atoms with Gasteiger partial charge >= 0.3 is 0 Å². The zero-order chi connectivity index (χ0) is 16.4. The second-order valence-electron chi connectivity index (χ2n) is 6.67. The molecule has 0 radical (unpaired) electrons. The van der Waals surface area contributed by atoms with E-state index >= 15 is 0 Å². The van der Waals surface area contributed by atoms with E-state index in [4.69, 9.17) is 4.74 Å². The second-order valence-corrected chi connectivity index (χ2v) is 6.67. The van der Waals surface area contributed by atoms with Crippen LogP contribution < -0.4 is 20.7 Å². The van der Waals surface area contributed by atoms with E-state index in [9.17, 15) is 9.59 Å². The number of carbonyl (C=O) groups is 2. The lowest BCUT2D eigenvalue weighted by Crippen LogP contribution is -2.43. The highest BCUT2D eigenvalue weighted by Gasteiger charge is 2.30. The van der Waals surface area contributed by atoms with E-state index < -0.39 is 6.10 Å². The number of halogens is 1. The van der Waals surface area contributed by atoms with Gasteiger partial charge in [0, 0.05) is 6.54 Å². The molecule has 24 heavy (non-hydrogen) atoms. The molecule has 2 amide bonds. The molecule has 1 aromatic carbocycles. The topological polar surface area (TPSA) is 79.5 Å². The standard InChI is InChI=1S/C17H23N3O3.ClH/c1-11-15(21)20-13-5-3-4-12(14(13)23-11)16(22)19-10-17(2)6-8-18-9-7-17;/h3-5,11,18H,6-10H2,1-2H3,(H,19,22)(H,20,21);1H. The Kier molecular flexibility index (Phi) is 5.72. The van der Waals surface area contributed by atoms with Crippen LogP contribution in [-0.2, 0) is 4.79 Å². The highest BCUT2D eigenvalue weighted by atomic mass is 35.5. The van der Waals surface area contributed by atoms with Gasteiger partial charge in [-0.1, -0.05) is 13.0 Å². The van der Waals surface area contributed by atoms with E-state index in [-0.39, 0.29) is 29.6 Å². The highest BCUT2D eigenvalue weighted by Crippen LogP contribution is 2.33. The maximum absolute atomic E-state index is 12.6. The van der Waals surface area contributed by atoms with Crippen LogP contribution in [0.4, 0.5) is 5.69 Å². The molecular weight excluding hydrogens is 330 g/mol. The Hall–Kier alpha value is -1.79. The first-order valence-corrected chi connectivity index (χ1v) is 8.08. The number of carbonyl (C=O) groups excluding carboxylic acids is 2. The molecule has 2 aliphatic rings. The Bertz CT molecular complexity index is 630. The average molecular weight is 354 g/mol. The minimum absolute atomic E-state index is 0. The number of anilines is 1. The molecule has 2 aliphatic heterocycles. The Morgan fingerprint density at radius 1 is 1.38 bits per heavy atom. The number of piperidine rings is 1. The summed E-state index contributed by atoms with van der Waals surface area (Å²) in [7, 11) is 0. The average Bonchev–Trinajstić information content (AvgIpc) is 2.54. The van der Waals surface area contributed by atoms with Crippen LogP contribution in [0.5, 0.6) is 5.75 Å². The van der Waals surface area contributed by atoms with Crippen molar-refractivity contribution < 1.29 is 14.3 Å². The van der Waals surface area contributed by atoms with Gasteiger partial charge in [-0.25, -0.2) is 0 Å². The van der Waals surface area contributed by atoms with Crippen molar-refractivity contribution in [3.8, 4) is 5.75 Å². The predicted octanol–water partition coefficient (Wildman–Crippen LogP) is 1.95. The number of nitrogens with one attached hydrogen (secondary N) is 3. The van der Waals surface area contributed by atoms with Gasteiger partial charge in [0.05, 0.1) is 11.3 Å². The summed E-state index contributed by atoms with van der Waals surface area (Å²) in [5.41, 5.74) is 1.14. The van der Waals surface area contributed by atoms with Crippen molar-refractivity contribution in [3.63, 3.8) is 0 Å². The van der Waals surface area contributed by atoms with Crippen molar-refractivity contribution in [2.24, 2.45) is 5.41 Å². The molecule has 0 bridgehead atoms. The summed E-state index contributed by atoms with van der Waals surface area (Å²) in [5, 5.41) is 9.13. The molecule has 1 unspecified atom stereocenters. The number of amides is 2. The summed E-state index contributed by atoms with van der Waals surface area (Å²) in [4.78, 5) is 24.2. The monoisotopic (exact) mass is 353 g/mol. The fourth-order valence-corrected chi connectivity index (χ4v) is 3.00.